The summed E-state index contributed by atoms with van der Waals surface area (Å²) in [6.45, 7) is 2.97. The zero-order valence-corrected chi connectivity index (χ0v) is 18.7. The quantitative estimate of drug-likeness (QED) is 0.700. The minimum atomic E-state index is -3.77. The van der Waals surface area contributed by atoms with Crippen LogP contribution in [0.3, 0.4) is 0 Å². The minimum Gasteiger partial charge on any atom is -0.326 e. The molecule has 4 rings (SSSR count). The van der Waals surface area contributed by atoms with Crippen LogP contribution in [0.25, 0.3) is 0 Å². The van der Waals surface area contributed by atoms with Crippen LogP contribution in [-0.2, 0) is 26.0 Å². The van der Waals surface area contributed by atoms with Crippen LogP contribution in [0.4, 0.5) is 11.4 Å². The van der Waals surface area contributed by atoms with Gasteiger partial charge in [0, 0.05) is 37.3 Å². The van der Waals surface area contributed by atoms with E-state index in [0.717, 1.165) is 18.5 Å². The van der Waals surface area contributed by atoms with Crippen LogP contribution in [0, 0.1) is 5.92 Å². The number of carbonyl (C=O) groups is 2. The first-order valence-corrected chi connectivity index (χ1v) is 12.2. The van der Waals surface area contributed by atoms with E-state index in [9.17, 15) is 18.0 Å². The number of carbonyl (C=O) groups excluding carboxylic acids is 2. The van der Waals surface area contributed by atoms with Gasteiger partial charge in [-0.25, -0.2) is 8.42 Å². The molecule has 168 valence electrons. The predicted molar refractivity (Wildman–Crippen MR) is 123 cm³/mol. The van der Waals surface area contributed by atoms with Crippen molar-refractivity contribution in [2.75, 3.05) is 23.3 Å². The highest BCUT2D eigenvalue weighted by molar-refractivity contribution is 7.90. The van der Waals surface area contributed by atoms with Gasteiger partial charge in [-0.3, -0.25) is 19.3 Å². The van der Waals surface area contributed by atoms with E-state index in [0.29, 0.717) is 24.5 Å². The van der Waals surface area contributed by atoms with Crippen molar-refractivity contribution in [1.29, 1.82) is 0 Å². The van der Waals surface area contributed by atoms with E-state index in [-0.39, 0.29) is 29.7 Å². The molecule has 0 saturated carbocycles. The highest BCUT2D eigenvalue weighted by Crippen LogP contribution is 2.27. The Morgan fingerprint density at radius 1 is 1.19 bits per heavy atom. The Bertz CT molecular complexity index is 1160. The normalized spacial score (nSPS) is 18.5. The van der Waals surface area contributed by atoms with Crippen LogP contribution >= 0.6 is 0 Å². The van der Waals surface area contributed by atoms with Crippen LogP contribution in [0.1, 0.15) is 31.7 Å². The fraction of sp³-hybridized carbons (Fsp3) is 0.348. The third-order valence-corrected chi connectivity index (χ3v) is 7.07. The third kappa shape index (κ3) is 4.83. The summed E-state index contributed by atoms with van der Waals surface area (Å²) in [5, 5.41) is 2.76. The number of rotatable bonds is 6. The Morgan fingerprint density at radius 3 is 2.66 bits per heavy atom. The van der Waals surface area contributed by atoms with Crippen molar-refractivity contribution in [3.63, 3.8) is 0 Å². The van der Waals surface area contributed by atoms with Gasteiger partial charge in [0.05, 0.1) is 10.8 Å². The lowest BCUT2D eigenvalue weighted by atomic mass is 10.1. The molecule has 2 aromatic rings. The number of aliphatic imine (C=N–C) groups is 1. The van der Waals surface area contributed by atoms with E-state index < -0.39 is 15.9 Å². The minimum absolute atomic E-state index is 0.0463. The third-order valence-electron chi connectivity index (χ3n) is 5.69. The van der Waals surface area contributed by atoms with Gasteiger partial charge in [-0.2, -0.15) is 0 Å². The molecule has 1 saturated heterocycles. The molecule has 2 aromatic carbocycles. The van der Waals surface area contributed by atoms with Gasteiger partial charge in [-0.05, 0) is 48.7 Å². The van der Waals surface area contributed by atoms with E-state index in [2.05, 4.69) is 22.0 Å². The smallest absolute Gasteiger partial charge is 0.262 e. The zero-order chi connectivity index (χ0) is 22.7. The molecule has 32 heavy (non-hydrogen) atoms. The number of benzene rings is 2. The fourth-order valence-electron chi connectivity index (χ4n) is 3.87. The Hall–Kier alpha value is -3.20. The Morgan fingerprint density at radius 2 is 1.97 bits per heavy atom. The van der Waals surface area contributed by atoms with E-state index in [1.54, 1.807) is 17.0 Å². The molecule has 1 atom stereocenters. The van der Waals surface area contributed by atoms with Crippen molar-refractivity contribution in [1.82, 2.24) is 4.72 Å². The molecule has 0 bridgehead atoms. The van der Waals surface area contributed by atoms with Crippen LogP contribution < -0.4 is 14.9 Å². The molecule has 1 unspecified atom stereocenters. The number of hydrogen-bond acceptors (Lipinski definition) is 5. The molecule has 0 aliphatic carbocycles. The van der Waals surface area contributed by atoms with Crippen LogP contribution in [0.5, 0.6) is 0 Å². The summed E-state index contributed by atoms with van der Waals surface area (Å²) in [5.41, 5.74) is 2.32. The molecule has 2 amide bonds. The number of nitrogens with zero attached hydrogens (tertiary/aromatic N) is 2. The predicted octanol–water partition coefficient (Wildman–Crippen LogP) is 2.71. The molecule has 2 heterocycles. The lowest BCUT2D eigenvalue weighted by Crippen LogP contribution is -2.29. The molecule has 0 spiro atoms. The van der Waals surface area contributed by atoms with Crippen molar-refractivity contribution < 1.29 is 18.0 Å². The standard InChI is InChI=1S/C23H26N4O4S/c1-2-16-8-10-19(11-9-16)27-15-17(13-22(27)28)23(29)25-18-5-3-6-20(14-18)32(30,31)26-21-7-4-12-24-21/h3,5-6,8-11,14,17H,2,4,7,12-13,15H2,1H3,(H,24,26)(H,25,29). The summed E-state index contributed by atoms with van der Waals surface area (Å²) < 4.78 is 27.7. The summed E-state index contributed by atoms with van der Waals surface area (Å²) >= 11 is 0. The number of amidine groups is 1. The number of aryl methyl sites for hydroxylation is 1. The lowest BCUT2D eigenvalue weighted by Gasteiger charge is -2.17. The van der Waals surface area contributed by atoms with E-state index in [1.165, 1.54) is 17.7 Å². The fourth-order valence-corrected chi connectivity index (χ4v) is 5.00. The molecule has 1 fully saturated rings. The summed E-state index contributed by atoms with van der Waals surface area (Å²) in [5.74, 6) is -0.475. The van der Waals surface area contributed by atoms with Gasteiger partial charge >= 0.3 is 0 Å². The second-order valence-electron chi connectivity index (χ2n) is 7.98. The molecule has 0 radical (unpaired) electrons. The van der Waals surface area contributed by atoms with Crippen molar-refractivity contribution >= 4 is 39.0 Å². The number of anilines is 2. The first-order valence-electron chi connectivity index (χ1n) is 10.7. The van der Waals surface area contributed by atoms with Crippen LogP contribution in [0.2, 0.25) is 0 Å². The Balaban J connectivity index is 1.42. The molecule has 9 heteroatoms. The highest BCUT2D eigenvalue weighted by Gasteiger charge is 2.35. The number of amides is 2. The van der Waals surface area contributed by atoms with Crippen molar-refractivity contribution in [3.05, 3.63) is 54.1 Å². The van der Waals surface area contributed by atoms with Crippen LogP contribution in [0.15, 0.2) is 58.4 Å². The molecule has 0 aromatic heterocycles. The highest BCUT2D eigenvalue weighted by atomic mass is 32.2. The maximum Gasteiger partial charge on any atom is 0.262 e. The van der Waals surface area contributed by atoms with Crippen LogP contribution in [-0.4, -0.2) is 39.2 Å². The number of sulfonamides is 1. The SMILES string of the molecule is CCc1ccc(N2CC(C(=O)Nc3cccc(S(=O)(=O)NC4=NCCC4)c3)CC2=O)cc1. The van der Waals surface area contributed by atoms with Crippen molar-refractivity contribution in [3.8, 4) is 0 Å². The maximum absolute atomic E-state index is 12.8. The van der Waals surface area contributed by atoms with Gasteiger partial charge < -0.3 is 10.2 Å². The van der Waals surface area contributed by atoms with E-state index >= 15 is 0 Å². The second kappa shape index (κ2) is 9.12. The van der Waals surface area contributed by atoms with Crippen molar-refractivity contribution in [2.45, 2.75) is 37.5 Å². The van der Waals surface area contributed by atoms with Gasteiger partial charge in [-0.1, -0.05) is 25.1 Å². The molecular weight excluding hydrogens is 428 g/mol. The summed E-state index contributed by atoms with van der Waals surface area (Å²) in [6.07, 6.45) is 2.45. The molecule has 2 aliphatic rings. The topological polar surface area (TPSA) is 108 Å². The summed E-state index contributed by atoms with van der Waals surface area (Å²) in [6, 6.07) is 13.8. The van der Waals surface area contributed by atoms with E-state index in [1.807, 2.05) is 24.3 Å². The molecular formula is C23H26N4O4S. The maximum atomic E-state index is 12.8. The summed E-state index contributed by atoms with van der Waals surface area (Å²) in [4.78, 5) is 31.1. The van der Waals surface area contributed by atoms with Gasteiger partial charge in [0.2, 0.25) is 11.8 Å². The molecule has 8 nitrogen and oxygen atoms in total. The number of hydrogen-bond donors (Lipinski definition) is 2. The molecule has 2 aliphatic heterocycles. The second-order valence-corrected chi connectivity index (χ2v) is 9.66. The van der Waals surface area contributed by atoms with Gasteiger partial charge in [0.1, 0.15) is 5.84 Å². The monoisotopic (exact) mass is 454 g/mol. The zero-order valence-electron chi connectivity index (χ0n) is 17.9. The van der Waals surface area contributed by atoms with Gasteiger partial charge in [-0.15, -0.1) is 0 Å². The average molecular weight is 455 g/mol. The first kappa shape index (κ1) is 22.0. The largest absolute Gasteiger partial charge is 0.326 e. The molecule has 2 N–H and O–H groups in total. The average Bonchev–Trinajstić information content (AvgIpc) is 3.43. The van der Waals surface area contributed by atoms with Gasteiger partial charge in [0.15, 0.2) is 0 Å². The Kier molecular flexibility index (Phi) is 6.27. The van der Waals surface area contributed by atoms with E-state index in [4.69, 9.17) is 0 Å². The van der Waals surface area contributed by atoms with Gasteiger partial charge in [0.25, 0.3) is 10.0 Å². The summed E-state index contributed by atoms with van der Waals surface area (Å²) in [7, 11) is -3.77. The van der Waals surface area contributed by atoms with Crippen molar-refractivity contribution in [2.24, 2.45) is 10.9 Å². The first-order chi connectivity index (χ1) is 15.4. The lowest BCUT2D eigenvalue weighted by molar-refractivity contribution is -0.122. The Labute approximate surface area is 187 Å². The number of nitrogens with one attached hydrogen (secondary N) is 2.